The lowest BCUT2D eigenvalue weighted by Gasteiger charge is -2.14. The molecule has 0 radical (unpaired) electrons. The Morgan fingerprint density at radius 3 is 2.57 bits per heavy atom. The van der Waals surface area contributed by atoms with E-state index in [4.69, 9.17) is 17.3 Å². The zero-order valence-corrected chi connectivity index (χ0v) is 8.78. The van der Waals surface area contributed by atoms with Crippen molar-refractivity contribution in [3.8, 4) is 0 Å². The summed E-state index contributed by atoms with van der Waals surface area (Å²) in [6.45, 7) is 3.88. The second kappa shape index (κ2) is 3.71. The molecule has 2 atom stereocenters. The first kappa shape index (κ1) is 9.68. The first-order chi connectivity index (χ1) is 6.66. The predicted molar refractivity (Wildman–Crippen MR) is 56.4 cm³/mol. The number of aromatic nitrogens is 2. The molecule has 2 rings (SSSR count). The molecule has 0 amide bonds. The van der Waals surface area contributed by atoms with E-state index in [-0.39, 0.29) is 6.04 Å². The van der Waals surface area contributed by atoms with E-state index in [0.29, 0.717) is 16.9 Å². The minimum Gasteiger partial charge on any atom is -0.339 e. The highest BCUT2D eigenvalue weighted by atomic mass is 35.5. The SMILES string of the molecule is CC1CN(c2ncc(Cl)cn2)CC1N. The molecule has 1 aliphatic heterocycles. The van der Waals surface area contributed by atoms with Crippen LogP contribution in [0, 0.1) is 5.92 Å². The Hall–Kier alpha value is -0.870. The first-order valence-electron chi connectivity index (χ1n) is 4.65. The Balaban J connectivity index is 2.13. The second-order valence-electron chi connectivity index (χ2n) is 3.75. The van der Waals surface area contributed by atoms with Crippen LogP contribution in [0.1, 0.15) is 6.92 Å². The van der Waals surface area contributed by atoms with Gasteiger partial charge in [-0.2, -0.15) is 0 Å². The van der Waals surface area contributed by atoms with Crippen LogP contribution in [0.15, 0.2) is 12.4 Å². The summed E-state index contributed by atoms with van der Waals surface area (Å²) < 4.78 is 0. The summed E-state index contributed by atoms with van der Waals surface area (Å²) in [6, 6.07) is 0.217. The third-order valence-electron chi connectivity index (χ3n) is 2.56. The molecular weight excluding hydrogens is 200 g/mol. The van der Waals surface area contributed by atoms with E-state index in [2.05, 4.69) is 21.8 Å². The van der Waals surface area contributed by atoms with Crippen LogP contribution in [0.4, 0.5) is 5.95 Å². The van der Waals surface area contributed by atoms with Gasteiger partial charge in [0.15, 0.2) is 0 Å². The van der Waals surface area contributed by atoms with E-state index in [1.807, 2.05) is 0 Å². The highest BCUT2D eigenvalue weighted by Gasteiger charge is 2.27. The van der Waals surface area contributed by atoms with Crippen molar-refractivity contribution in [3.05, 3.63) is 17.4 Å². The van der Waals surface area contributed by atoms with Gasteiger partial charge in [-0.25, -0.2) is 9.97 Å². The molecule has 1 aromatic rings. The van der Waals surface area contributed by atoms with Gasteiger partial charge in [-0.15, -0.1) is 0 Å². The number of nitrogens with two attached hydrogens (primary N) is 1. The number of hydrogen-bond acceptors (Lipinski definition) is 4. The van der Waals surface area contributed by atoms with E-state index < -0.39 is 0 Å². The number of hydrogen-bond donors (Lipinski definition) is 1. The lowest BCUT2D eigenvalue weighted by Crippen LogP contribution is -2.29. The number of rotatable bonds is 1. The maximum atomic E-state index is 5.91. The third-order valence-corrected chi connectivity index (χ3v) is 2.76. The van der Waals surface area contributed by atoms with Crippen LogP contribution in [-0.2, 0) is 0 Å². The molecular formula is C9H13ClN4. The van der Waals surface area contributed by atoms with Crippen molar-refractivity contribution in [1.29, 1.82) is 0 Å². The highest BCUT2D eigenvalue weighted by Crippen LogP contribution is 2.19. The zero-order valence-electron chi connectivity index (χ0n) is 8.02. The fourth-order valence-corrected chi connectivity index (χ4v) is 1.72. The maximum absolute atomic E-state index is 5.91. The van der Waals surface area contributed by atoms with E-state index in [9.17, 15) is 0 Å². The average molecular weight is 213 g/mol. The van der Waals surface area contributed by atoms with Gasteiger partial charge in [0, 0.05) is 19.1 Å². The van der Waals surface area contributed by atoms with E-state index in [1.165, 1.54) is 0 Å². The van der Waals surface area contributed by atoms with Crippen LogP contribution < -0.4 is 10.6 Å². The molecule has 0 aliphatic carbocycles. The second-order valence-corrected chi connectivity index (χ2v) is 4.18. The zero-order chi connectivity index (χ0) is 10.1. The van der Waals surface area contributed by atoms with E-state index in [1.54, 1.807) is 12.4 Å². The van der Waals surface area contributed by atoms with Crippen molar-refractivity contribution in [2.45, 2.75) is 13.0 Å². The van der Waals surface area contributed by atoms with E-state index in [0.717, 1.165) is 13.1 Å². The van der Waals surface area contributed by atoms with Gasteiger partial charge in [-0.05, 0) is 5.92 Å². The molecule has 0 saturated carbocycles. The number of anilines is 1. The topological polar surface area (TPSA) is 55.0 Å². The molecule has 1 saturated heterocycles. The van der Waals surface area contributed by atoms with Crippen molar-refractivity contribution in [3.63, 3.8) is 0 Å². The van der Waals surface area contributed by atoms with Crippen molar-refractivity contribution >= 4 is 17.5 Å². The molecule has 4 nitrogen and oxygen atoms in total. The van der Waals surface area contributed by atoms with Gasteiger partial charge >= 0.3 is 0 Å². The molecule has 2 heterocycles. The van der Waals surface area contributed by atoms with Crippen LogP contribution in [-0.4, -0.2) is 29.1 Å². The molecule has 0 bridgehead atoms. The summed E-state index contributed by atoms with van der Waals surface area (Å²) >= 11 is 5.71. The van der Waals surface area contributed by atoms with Gasteiger partial charge in [-0.1, -0.05) is 18.5 Å². The van der Waals surface area contributed by atoms with Gasteiger partial charge in [-0.3, -0.25) is 0 Å². The molecule has 1 fully saturated rings. The Labute approximate surface area is 88.1 Å². The Morgan fingerprint density at radius 2 is 2.07 bits per heavy atom. The number of nitrogens with zero attached hydrogens (tertiary/aromatic N) is 3. The molecule has 2 unspecified atom stereocenters. The third kappa shape index (κ3) is 1.81. The van der Waals surface area contributed by atoms with Crippen LogP contribution in [0.25, 0.3) is 0 Å². The average Bonchev–Trinajstić information content (AvgIpc) is 2.48. The molecule has 14 heavy (non-hydrogen) atoms. The van der Waals surface area contributed by atoms with Crippen LogP contribution in [0.5, 0.6) is 0 Å². The molecule has 0 aromatic carbocycles. The van der Waals surface area contributed by atoms with Gasteiger partial charge in [0.2, 0.25) is 5.95 Å². The largest absolute Gasteiger partial charge is 0.339 e. The Bertz CT molecular complexity index is 303. The summed E-state index contributed by atoms with van der Waals surface area (Å²) in [7, 11) is 0. The summed E-state index contributed by atoms with van der Waals surface area (Å²) in [4.78, 5) is 10.4. The summed E-state index contributed by atoms with van der Waals surface area (Å²) in [6.07, 6.45) is 3.22. The normalized spacial score (nSPS) is 26.9. The molecule has 1 aliphatic rings. The molecule has 2 N–H and O–H groups in total. The minimum absolute atomic E-state index is 0.217. The fraction of sp³-hybridized carbons (Fsp3) is 0.556. The minimum atomic E-state index is 0.217. The van der Waals surface area contributed by atoms with E-state index >= 15 is 0 Å². The maximum Gasteiger partial charge on any atom is 0.225 e. The number of halogens is 1. The fourth-order valence-electron chi connectivity index (χ4n) is 1.62. The Morgan fingerprint density at radius 1 is 1.43 bits per heavy atom. The van der Waals surface area contributed by atoms with Crippen molar-refractivity contribution in [2.75, 3.05) is 18.0 Å². The van der Waals surface area contributed by atoms with Gasteiger partial charge in [0.1, 0.15) is 0 Å². The van der Waals surface area contributed by atoms with Crippen molar-refractivity contribution in [1.82, 2.24) is 9.97 Å². The Kier molecular flexibility index (Phi) is 2.56. The summed E-state index contributed by atoms with van der Waals surface area (Å²) in [5.41, 5.74) is 5.91. The first-order valence-corrected chi connectivity index (χ1v) is 5.02. The van der Waals surface area contributed by atoms with Crippen LogP contribution in [0.2, 0.25) is 5.02 Å². The summed E-state index contributed by atoms with van der Waals surface area (Å²) in [5.74, 6) is 1.21. The van der Waals surface area contributed by atoms with Crippen LogP contribution >= 0.6 is 11.6 Å². The monoisotopic (exact) mass is 212 g/mol. The van der Waals surface area contributed by atoms with Crippen molar-refractivity contribution in [2.24, 2.45) is 11.7 Å². The predicted octanol–water partition coefficient (Wildman–Crippen LogP) is 0.913. The van der Waals surface area contributed by atoms with Gasteiger partial charge in [0.05, 0.1) is 17.4 Å². The van der Waals surface area contributed by atoms with Crippen molar-refractivity contribution < 1.29 is 0 Å². The van der Waals surface area contributed by atoms with Gasteiger partial charge in [0.25, 0.3) is 0 Å². The lowest BCUT2D eigenvalue weighted by molar-refractivity contribution is 0.566. The lowest BCUT2D eigenvalue weighted by atomic mass is 10.1. The van der Waals surface area contributed by atoms with Crippen LogP contribution in [0.3, 0.4) is 0 Å². The molecule has 1 aromatic heterocycles. The highest BCUT2D eigenvalue weighted by molar-refractivity contribution is 6.30. The summed E-state index contributed by atoms with van der Waals surface area (Å²) in [5, 5.41) is 0.560. The van der Waals surface area contributed by atoms with Gasteiger partial charge < -0.3 is 10.6 Å². The smallest absolute Gasteiger partial charge is 0.225 e. The standard InChI is InChI=1S/C9H13ClN4/c1-6-4-14(5-8(6)11)9-12-2-7(10)3-13-9/h2-3,6,8H,4-5,11H2,1H3. The molecule has 0 spiro atoms. The molecule has 76 valence electrons. The quantitative estimate of drug-likeness (QED) is 0.752. The molecule has 5 heteroatoms.